The van der Waals surface area contributed by atoms with E-state index in [4.69, 9.17) is 9.47 Å². The zero-order valence-corrected chi connectivity index (χ0v) is 13.1. The second kappa shape index (κ2) is 4.63. The number of rotatable bonds is 2. The fourth-order valence-corrected chi connectivity index (χ4v) is 3.04. The molecule has 3 rings (SSSR count). The minimum atomic E-state index is -0.459. The van der Waals surface area contributed by atoms with E-state index in [1.807, 2.05) is 52.0 Å². The first-order chi connectivity index (χ1) is 10.2. The Kier molecular flexibility index (Phi) is 3.09. The molecule has 6 heteroatoms. The van der Waals surface area contributed by atoms with Crippen molar-refractivity contribution in [3.8, 4) is 0 Å². The zero-order chi connectivity index (χ0) is 16.1. The molecule has 2 aliphatic heterocycles. The van der Waals surface area contributed by atoms with Crippen LogP contribution >= 0.6 is 0 Å². The Morgan fingerprint density at radius 2 is 1.09 bits per heavy atom. The Hall–Kier alpha value is -2.24. The van der Waals surface area contributed by atoms with Crippen LogP contribution in [0.15, 0.2) is 24.3 Å². The summed E-state index contributed by atoms with van der Waals surface area (Å²) in [5.41, 5.74) is 0.891. The third kappa shape index (κ3) is 2.38. The van der Waals surface area contributed by atoms with Crippen LogP contribution in [-0.2, 0) is 9.47 Å². The van der Waals surface area contributed by atoms with E-state index >= 15 is 0 Å². The molecule has 2 aliphatic rings. The van der Waals surface area contributed by atoms with Gasteiger partial charge in [-0.1, -0.05) is 24.3 Å². The van der Waals surface area contributed by atoms with E-state index in [0.29, 0.717) is 0 Å². The molecule has 1 aromatic carbocycles. The van der Waals surface area contributed by atoms with Crippen LogP contribution < -0.4 is 10.6 Å². The number of alkyl carbamates (subject to hydrolysis) is 2. The van der Waals surface area contributed by atoms with Crippen LogP contribution in [0.2, 0.25) is 0 Å². The molecule has 2 unspecified atom stereocenters. The molecule has 0 saturated carbocycles. The van der Waals surface area contributed by atoms with Gasteiger partial charge in [0.15, 0.2) is 12.2 Å². The highest BCUT2D eigenvalue weighted by Gasteiger charge is 2.44. The van der Waals surface area contributed by atoms with E-state index in [1.54, 1.807) is 0 Å². The molecule has 0 radical (unpaired) electrons. The first-order valence-electron chi connectivity index (χ1n) is 7.26. The number of hydrogen-bond donors (Lipinski definition) is 2. The molecule has 1 aromatic rings. The highest BCUT2D eigenvalue weighted by molar-refractivity contribution is 5.72. The van der Waals surface area contributed by atoms with Crippen molar-refractivity contribution in [1.82, 2.24) is 10.6 Å². The molecular weight excluding hydrogens is 284 g/mol. The van der Waals surface area contributed by atoms with Crippen molar-refractivity contribution in [2.45, 2.75) is 51.0 Å². The summed E-state index contributed by atoms with van der Waals surface area (Å²) < 4.78 is 10.7. The number of amides is 2. The van der Waals surface area contributed by atoms with E-state index < -0.39 is 23.3 Å². The zero-order valence-electron chi connectivity index (χ0n) is 13.1. The third-order valence-electron chi connectivity index (χ3n) is 4.15. The summed E-state index contributed by atoms with van der Waals surface area (Å²) in [5, 5.41) is 5.58. The van der Waals surface area contributed by atoms with Gasteiger partial charge < -0.3 is 20.1 Å². The van der Waals surface area contributed by atoms with Crippen LogP contribution in [0.5, 0.6) is 0 Å². The molecule has 118 valence electrons. The van der Waals surface area contributed by atoms with E-state index in [1.165, 1.54) is 0 Å². The summed E-state index contributed by atoms with van der Waals surface area (Å²) >= 11 is 0. The highest BCUT2D eigenvalue weighted by atomic mass is 16.6. The maximum atomic E-state index is 11.4. The van der Waals surface area contributed by atoms with Crippen molar-refractivity contribution in [3.63, 3.8) is 0 Å². The van der Waals surface area contributed by atoms with E-state index in [2.05, 4.69) is 10.6 Å². The summed E-state index contributed by atoms with van der Waals surface area (Å²) in [4.78, 5) is 22.9. The van der Waals surface area contributed by atoms with Gasteiger partial charge in [0.05, 0.1) is 11.1 Å². The number of nitrogens with one attached hydrogen (secondary N) is 2. The second-order valence-corrected chi connectivity index (χ2v) is 6.93. The summed E-state index contributed by atoms with van der Waals surface area (Å²) in [7, 11) is 0. The summed E-state index contributed by atoms with van der Waals surface area (Å²) in [6, 6.07) is 7.63. The van der Waals surface area contributed by atoms with Crippen LogP contribution in [0, 0.1) is 0 Å². The normalized spacial score (nSPS) is 28.5. The highest BCUT2D eigenvalue weighted by Crippen LogP contribution is 2.37. The lowest BCUT2D eigenvalue weighted by Crippen LogP contribution is -2.38. The molecule has 0 spiro atoms. The summed E-state index contributed by atoms with van der Waals surface area (Å²) in [6.07, 6.45) is -1.50. The number of ether oxygens (including phenoxy) is 2. The minimum absolute atomic E-state index is 0.341. The van der Waals surface area contributed by atoms with Crippen molar-refractivity contribution in [3.05, 3.63) is 35.4 Å². The van der Waals surface area contributed by atoms with Gasteiger partial charge in [-0.05, 0) is 38.8 Å². The number of carbonyl (C=O) groups excluding carboxylic acids is 2. The van der Waals surface area contributed by atoms with Gasteiger partial charge in [-0.15, -0.1) is 0 Å². The predicted octanol–water partition coefficient (Wildman–Crippen LogP) is 2.81. The molecule has 2 fully saturated rings. The number of benzene rings is 1. The maximum absolute atomic E-state index is 11.4. The van der Waals surface area contributed by atoms with Crippen LogP contribution in [-0.4, -0.2) is 23.3 Å². The third-order valence-corrected chi connectivity index (χ3v) is 4.15. The molecule has 2 N–H and O–H groups in total. The van der Waals surface area contributed by atoms with Crippen LogP contribution in [0.3, 0.4) is 0 Å². The van der Waals surface area contributed by atoms with Gasteiger partial charge in [-0.25, -0.2) is 9.59 Å². The molecule has 2 atom stereocenters. The van der Waals surface area contributed by atoms with Crippen molar-refractivity contribution < 1.29 is 19.1 Å². The largest absolute Gasteiger partial charge is 0.439 e. The fraction of sp³-hybridized carbons (Fsp3) is 0.500. The van der Waals surface area contributed by atoms with Gasteiger partial charge in [0, 0.05) is 0 Å². The first-order valence-corrected chi connectivity index (χ1v) is 7.26. The molecular formula is C16H20N2O4. The Balaban J connectivity index is 1.85. The van der Waals surface area contributed by atoms with Crippen molar-refractivity contribution >= 4 is 12.2 Å². The van der Waals surface area contributed by atoms with Gasteiger partial charge in [0.25, 0.3) is 0 Å². The van der Waals surface area contributed by atoms with E-state index in [-0.39, 0.29) is 12.2 Å². The molecule has 2 saturated heterocycles. The average molecular weight is 304 g/mol. The lowest BCUT2D eigenvalue weighted by atomic mass is 9.88. The van der Waals surface area contributed by atoms with Crippen LogP contribution in [0.1, 0.15) is 51.0 Å². The molecule has 2 amide bonds. The van der Waals surface area contributed by atoms with Crippen LogP contribution in [0.25, 0.3) is 0 Å². The SMILES string of the molecule is CC1(C)NC(=O)OC1c1ccc(C2OC(=O)NC2(C)C)cc1. The molecule has 0 aliphatic carbocycles. The number of carbonyl (C=O) groups is 2. The Morgan fingerprint density at radius 3 is 1.32 bits per heavy atom. The lowest BCUT2D eigenvalue weighted by molar-refractivity contribution is 0.115. The van der Waals surface area contributed by atoms with Gasteiger partial charge in [0.2, 0.25) is 0 Å². The van der Waals surface area contributed by atoms with Gasteiger partial charge in [-0.2, -0.15) is 0 Å². The first kappa shape index (κ1) is 14.7. The topological polar surface area (TPSA) is 76.7 Å². The van der Waals surface area contributed by atoms with Crippen molar-refractivity contribution in [1.29, 1.82) is 0 Å². The molecule has 0 bridgehead atoms. The van der Waals surface area contributed by atoms with E-state index in [0.717, 1.165) is 11.1 Å². The monoisotopic (exact) mass is 304 g/mol. The van der Waals surface area contributed by atoms with E-state index in [9.17, 15) is 9.59 Å². The Labute approximate surface area is 129 Å². The quantitative estimate of drug-likeness (QED) is 0.881. The summed E-state index contributed by atoms with van der Waals surface area (Å²) in [5.74, 6) is 0. The maximum Gasteiger partial charge on any atom is 0.408 e. The van der Waals surface area contributed by atoms with Crippen molar-refractivity contribution in [2.24, 2.45) is 0 Å². The molecule has 6 nitrogen and oxygen atoms in total. The van der Waals surface area contributed by atoms with Crippen LogP contribution in [0.4, 0.5) is 9.59 Å². The standard InChI is InChI=1S/C16H20N2O4/c1-15(2)11(21-13(19)17-15)9-5-7-10(8-6-9)12-16(3,4)18-14(20)22-12/h5-8,11-12H,1-4H3,(H,17,19)(H,18,20). The number of cyclic esters (lactones) is 2. The Bertz CT molecular complexity index is 567. The lowest BCUT2D eigenvalue weighted by Gasteiger charge is -2.26. The fourth-order valence-electron chi connectivity index (χ4n) is 3.04. The smallest absolute Gasteiger partial charge is 0.408 e. The predicted molar refractivity (Wildman–Crippen MR) is 79.3 cm³/mol. The molecule has 22 heavy (non-hydrogen) atoms. The minimum Gasteiger partial charge on any atom is -0.439 e. The van der Waals surface area contributed by atoms with Crippen molar-refractivity contribution in [2.75, 3.05) is 0 Å². The number of hydrogen-bond acceptors (Lipinski definition) is 4. The molecule has 2 heterocycles. The Morgan fingerprint density at radius 1 is 0.773 bits per heavy atom. The summed E-state index contributed by atoms with van der Waals surface area (Å²) in [6.45, 7) is 7.68. The van der Waals surface area contributed by atoms with Gasteiger partial charge >= 0.3 is 12.2 Å². The average Bonchev–Trinajstić information content (AvgIpc) is 2.83. The second-order valence-electron chi connectivity index (χ2n) is 6.93. The molecule has 0 aromatic heterocycles. The van der Waals surface area contributed by atoms with Gasteiger partial charge in [-0.3, -0.25) is 0 Å². The van der Waals surface area contributed by atoms with Gasteiger partial charge in [0.1, 0.15) is 0 Å².